The lowest BCUT2D eigenvalue weighted by Crippen LogP contribution is -2.20. The van der Waals surface area contributed by atoms with Gasteiger partial charge >= 0.3 is 0 Å². The maximum absolute atomic E-state index is 13.0. The fraction of sp³-hybridized carbons (Fsp3) is 0.158. The van der Waals surface area contributed by atoms with E-state index in [0.717, 1.165) is 11.1 Å². The average Bonchev–Trinajstić information content (AvgIpc) is 3.06. The Morgan fingerprint density at radius 1 is 1.26 bits per heavy atom. The monoisotopic (exact) mass is 382 g/mol. The summed E-state index contributed by atoms with van der Waals surface area (Å²) in [5, 5.41) is 14.1. The van der Waals surface area contributed by atoms with Crippen molar-refractivity contribution in [3.63, 3.8) is 0 Å². The summed E-state index contributed by atoms with van der Waals surface area (Å²) >= 11 is 1.29. The highest BCUT2D eigenvalue weighted by Crippen LogP contribution is 2.36. The van der Waals surface area contributed by atoms with E-state index in [1.807, 2.05) is 41.9 Å². The van der Waals surface area contributed by atoms with Crippen LogP contribution >= 0.6 is 11.8 Å². The van der Waals surface area contributed by atoms with Gasteiger partial charge in [0.1, 0.15) is 10.9 Å². The number of amides is 1. The third-order valence-electron chi connectivity index (χ3n) is 3.95. The number of carbonyl (C=O) groups is 1. The van der Waals surface area contributed by atoms with E-state index in [1.54, 1.807) is 31.5 Å². The van der Waals surface area contributed by atoms with Crippen molar-refractivity contribution in [1.29, 1.82) is 0 Å². The Labute approximate surface area is 160 Å². The molecule has 0 aliphatic rings. The Bertz CT molecular complexity index is 972. The smallest absolute Gasteiger partial charge is 0.293 e. The Morgan fingerprint density at radius 3 is 2.63 bits per heavy atom. The number of hydrogen-bond acceptors (Lipinski definition) is 5. The van der Waals surface area contributed by atoms with Crippen LogP contribution in [0.15, 0.2) is 66.1 Å². The summed E-state index contributed by atoms with van der Waals surface area (Å²) < 4.78 is 1.82. The maximum Gasteiger partial charge on any atom is 0.293 e. The van der Waals surface area contributed by atoms with Crippen LogP contribution in [0.5, 0.6) is 0 Å². The normalized spacial score (nSPS) is 11.8. The highest BCUT2D eigenvalue weighted by molar-refractivity contribution is 8.00. The molecule has 0 bridgehead atoms. The van der Waals surface area contributed by atoms with Crippen molar-refractivity contribution in [2.24, 2.45) is 7.05 Å². The van der Waals surface area contributed by atoms with Crippen LogP contribution < -0.4 is 5.32 Å². The molecule has 0 fully saturated rings. The molecule has 0 saturated heterocycles. The van der Waals surface area contributed by atoms with Crippen molar-refractivity contribution < 1.29 is 9.72 Å². The summed E-state index contributed by atoms with van der Waals surface area (Å²) in [5.74, 6) is -0.346. The van der Waals surface area contributed by atoms with Gasteiger partial charge in [-0.3, -0.25) is 14.9 Å². The number of thioether (sulfide) groups is 1. The van der Waals surface area contributed by atoms with E-state index in [-0.39, 0.29) is 17.3 Å². The summed E-state index contributed by atoms with van der Waals surface area (Å²) in [4.78, 5) is 28.1. The van der Waals surface area contributed by atoms with Crippen LogP contribution in [0.2, 0.25) is 0 Å². The van der Waals surface area contributed by atoms with Crippen LogP contribution in [-0.2, 0) is 11.8 Å². The zero-order chi connectivity index (χ0) is 19.4. The molecule has 27 heavy (non-hydrogen) atoms. The topological polar surface area (TPSA) is 90.1 Å². The van der Waals surface area contributed by atoms with Crippen LogP contribution in [0.1, 0.15) is 16.4 Å². The molecule has 138 valence electrons. The van der Waals surface area contributed by atoms with Gasteiger partial charge in [-0.25, -0.2) is 4.98 Å². The molecule has 7 nitrogen and oxygen atoms in total. The number of imidazole rings is 1. The van der Waals surface area contributed by atoms with Gasteiger partial charge in [0.15, 0.2) is 5.16 Å². The summed E-state index contributed by atoms with van der Waals surface area (Å²) in [7, 11) is 1.85. The first-order valence-electron chi connectivity index (χ1n) is 8.20. The Morgan fingerprint density at radius 2 is 2.00 bits per heavy atom. The molecule has 1 atom stereocenters. The fourth-order valence-corrected chi connectivity index (χ4v) is 3.59. The number of carbonyl (C=O) groups excluding carboxylic acids is 1. The largest absolute Gasteiger partial charge is 0.329 e. The molecule has 1 aromatic heterocycles. The number of nitrogens with zero attached hydrogens (tertiary/aromatic N) is 3. The zero-order valence-corrected chi connectivity index (χ0v) is 15.6. The van der Waals surface area contributed by atoms with Crippen molar-refractivity contribution in [3.8, 4) is 0 Å². The van der Waals surface area contributed by atoms with Gasteiger partial charge in [0.05, 0.1) is 4.92 Å². The minimum Gasteiger partial charge on any atom is -0.329 e. The molecule has 0 aliphatic heterocycles. The number of benzene rings is 2. The number of nitrogens with one attached hydrogen (secondary N) is 1. The average molecular weight is 382 g/mol. The molecule has 0 unspecified atom stereocenters. The molecule has 1 N–H and O–H groups in total. The predicted molar refractivity (Wildman–Crippen MR) is 105 cm³/mol. The van der Waals surface area contributed by atoms with E-state index in [9.17, 15) is 14.9 Å². The summed E-state index contributed by atoms with van der Waals surface area (Å²) in [6.07, 6.45) is 3.46. The lowest BCUT2D eigenvalue weighted by Gasteiger charge is -2.17. The molecule has 0 aliphatic carbocycles. The quantitative estimate of drug-likeness (QED) is 0.394. The Kier molecular flexibility index (Phi) is 5.56. The van der Waals surface area contributed by atoms with Crippen LogP contribution in [0.25, 0.3) is 0 Å². The molecule has 3 rings (SSSR count). The van der Waals surface area contributed by atoms with Gasteiger partial charge in [-0.15, -0.1) is 0 Å². The predicted octanol–water partition coefficient (Wildman–Crippen LogP) is 4.11. The number of aryl methyl sites for hydroxylation is 2. The number of hydrogen-bond donors (Lipinski definition) is 1. The van der Waals surface area contributed by atoms with Gasteiger partial charge in [0.2, 0.25) is 5.91 Å². The number of nitro benzene ring substituents is 1. The minimum atomic E-state index is -0.604. The standard InChI is InChI=1S/C19H18N4O3S/c1-13-8-9-15(16(12-13)23(25)26)21-18(24)17(14-6-4-3-5-7-14)27-19-20-10-11-22(19)2/h3-12,17H,1-2H3,(H,21,24)/t17-/m1/s1. The molecule has 0 radical (unpaired) electrons. The van der Waals surface area contributed by atoms with E-state index in [1.165, 1.54) is 17.8 Å². The molecule has 8 heteroatoms. The molecule has 0 spiro atoms. The lowest BCUT2D eigenvalue weighted by atomic mass is 10.1. The van der Waals surface area contributed by atoms with Gasteiger partial charge in [0, 0.05) is 25.5 Å². The fourth-order valence-electron chi connectivity index (χ4n) is 2.57. The third kappa shape index (κ3) is 4.35. The molecular formula is C19H18N4O3S. The summed E-state index contributed by atoms with van der Waals surface area (Å²) in [5.41, 5.74) is 1.59. The van der Waals surface area contributed by atoms with Gasteiger partial charge < -0.3 is 9.88 Å². The van der Waals surface area contributed by atoms with Crippen molar-refractivity contribution >= 4 is 29.0 Å². The third-order valence-corrected chi connectivity index (χ3v) is 5.27. The SMILES string of the molecule is Cc1ccc(NC(=O)[C@H](Sc2nccn2C)c2ccccc2)c([N+](=O)[O-])c1. The van der Waals surface area contributed by atoms with Gasteiger partial charge in [0.25, 0.3) is 5.69 Å². The molecular weight excluding hydrogens is 364 g/mol. The Hall–Kier alpha value is -3.13. The van der Waals surface area contributed by atoms with E-state index in [2.05, 4.69) is 10.3 Å². The van der Waals surface area contributed by atoms with Crippen LogP contribution in [0, 0.1) is 17.0 Å². The number of nitro groups is 1. The zero-order valence-electron chi connectivity index (χ0n) is 14.8. The molecule has 1 heterocycles. The summed E-state index contributed by atoms with van der Waals surface area (Å²) in [6, 6.07) is 14.0. The highest BCUT2D eigenvalue weighted by Gasteiger charge is 2.26. The van der Waals surface area contributed by atoms with Gasteiger partial charge in [-0.1, -0.05) is 48.2 Å². The molecule has 3 aromatic rings. The second-order valence-electron chi connectivity index (χ2n) is 6.00. The van der Waals surface area contributed by atoms with Crippen molar-refractivity contribution in [2.45, 2.75) is 17.3 Å². The second-order valence-corrected chi connectivity index (χ2v) is 7.07. The van der Waals surface area contributed by atoms with E-state index >= 15 is 0 Å². The maximum atomic E-state index is 13.0. The van der Waals surface area contributed by atoms with E-state index < -0.39 is 10.2 Å². The van der Waals surface area contributed by atoms with Crippen molar-refractivity contribution in [2.75, 3.05) is 5.32 Å². The van der Waals surface area contributed by atoms with Crippen LogP contribution in [-0.4, -0.2) is 20.4 Å². The van der Waals surface area contributed by atoms with E-state index in [4.69, 9.17) is 0 Å². The number of anilines is 1. The lowest BCUT2D eigenvalue weighted by molar-refractivity contribution is -0.384. The van der Waals surface area contributed by atoms with E-state index in [0.29, 0.717) is 5.16 Å². The van der Waals surface area contributed by atoms with Crippen molar-refractivity contribution in [1.82, 2.24) is 9.55 Å². The van der Waals surface area contributed by atoms with Gasteiger partial charge in [-0.05, 0) is 24.1 Å². The minimum absolute atomic E-state index is 0.128. The number of aromatic nitrogens is 2. The van der Waals surface area contributed by atoms with Crippen LogP contribution in [0.3, 0.4) is 0 Å². The molecule has 2 aromatic carbocycles. The van der Waals surface area contributed by atoms with Crippen molar-refractivity contribution in [3.05, 3.63) is 82.2 Å². The summed E-state index contributed by atoms with van der Waals surface area (Å²) in [6.45, 7) is 1.77. The first kappa shape index (κ1) is 18.7. The number of rotatable bonds is 6. The Balaban J connectivity index is 1.92. The highest BCUT2D eigenvalue weighted by atomic mass is 32.2. The molecule has 1 amide bonds. The first-order chi connectivity index (χ1) is 13.0. The van der Waals surface area contributed by atoms with Gasteiger partial charge in [-0.2, -0.15) is 0 Å². The molecule has 0 saturated carbocycles. The second kappa shape index (κ2) is 8.05. The van der Waals surface area contributed by atoms with Crippen LogP contribution in [0.4, 0.5) is 11.4 Å². The first-order valence-corrected chi connectivity index (χ1v) is 9.08.